The average molecular weight is 454 g/mol. The third-order valence-electron chi connectivity index (χ3n) is 4.77. The highest BCUT2D eigenvalue weighted by Gasteiger charge is 2.18. The minimum Gasteiger partial charge on any atom is -0.469 e. The minimum atomic E-state index is -0.569. The monoisotopic (exact) mass is 454 g/mol. The average Bonchev–Trinajstić information content (AvgIpc) is 3.14. The van der Waals surface area contributed by atoms with Gasteiger partial charge in [-0.15, -0.1) is 5.10 Å². The van der Waals surface area contributed by atoms with Gasteiger partial charge in [-0.3, -0.25) is 4.79 Å². The highest BCUT2D eigenvalue weighted by molar-refractivity contribution is 5.70. The summed E-state index contributed by atoms with van der Waals surface area (Å²) in [5, 5.41) is 8.01. The number of ether oxygens (including phenoxy) is 3. The van der Waals surface area contributed by atoms with E-state index in [2.05, 4.69) is 10.3 Å². The lowest BCUT2D eigenvalue weighted by Gasteiger charge is -2.14. The smallest absolute Gasteiger partial charge is 0.353 e. The Labute approximate surface area is 190 Å². The molecule has 1 heterocycles. The van der Waals surface area contributed by atoms with Gasteiger partial charge in [-0.1, -0.05) is 53.7 Å². The lowest BCUT2D eigenvalue weighted by Crippen LogP contribution is -2.22. The molecule has 1 aromatic heterocycles. The van der Waals surface area contributed by atoms with Crippen molar-refractivity contribution in [3.05, 3.63) is 76.2 Å². The van der Waals surface area contributed by atoms with E-state index >= 15 is 0 Å². The number of esters is 1. The fourth-order valence-electron chi connectivity index (χ4n) is 3.12. The SMILES string of the molecule is COC(=O)CC(O/N=C/COCc1ccccc1-n1c(OC)nn(C)c1=O)c1ccccc1. The molecule has 0 aliphatic carbocycles. The predicted molar refractivity (Wildman–Crippen MR) is 120 cm³/mol. The molecule has 10 nitrogen and oxygen atoms in total. The third-order valence-corrected chi connectivity index (χ3v) is 4.77. The highest BCUT2D eigenvalue weighted by atomic mass is 16.6. The first-order valence-electron chi connectivity index (χ1n) is 10.2. The number of aromatic nitrogens is 3. The van der Waals surface area contributed by atoms with Crippen LogP contribution in [0.25, 0.3) is 5.69 Å². The minimum absolute atomic E-state index is 0.0355. The van der Waals surface area contributed by atoms with E-state index < -0.39 is 12.1 Å². The molecule has 3 rings (SSSR count). The summed E-state index contributed by atoms with van der Waals surface area (Å²) in [6.45, 7) is 0.379. The Hall–Kier alpha value is -3.92. The van der Waals surface area contributed by atoms with Crippen LogP contribution in [0.5, 0.6) is 6.01 Å². The van der Waals surface area contributed by atoms with Crippen molar-refractivity contribution in [1.29, 1.82) is 0 Å². The van der Waals surface area contributed by atoms with Crippen molar-refractivity contribution in [2.75, 3.05) is 20.8 Å². The Morgan fingerprint density at radius 1 is 1.12 bits per heavy atom. The van der Waals surface area contributed by atoms with E-state index in [0.29, 0.717) is 5.69 Å². The van der Waals surface area contributed by atoms with Gasteiger partial charge in [0, 0.05) is 12.6 Å². The summed E-state index contributed by atoms with van der Waals surface area (Å²) in [5.74, 6) is -0.395. The molecule has 1 atom stereocenters. The van der Waals surface area contributed by atoms with Crippen molar-refractivity contribution < 1.29 is 23.8 Å². The number of rotatable bonds is 11. The summed E-state index contributed by atoms with van der Waals surface area (Å²) in [5.41, 5.74) is 1.87. The Morgan fingerprint density at radius 3 is 2.58 bits per heavy atom. The fourth-order valence-corrected chi connectivity index (χ4v) is 3.12. The van der Waals surface area contributed by atoms with E-state index in [-0.39, 0.29) is 31.3 Å². The first-order chi connectivity index (χ1) is 16.0. The number of oxime groups is 1. The molecule has 0 aliphatic heterocycles. The molecule has 0 aliphatic rings. The number of methoxy groups -OCH3 is 2. The number of carbonyl (C=O) groups excluding carboxylic acids is 1. The Morgan fingerprint density at radius 2 is 1.85 bits per heavy atom. The van der Waals surface area contributed by atoms with Crippen LogP contribution in [0, 0.1) is 0 Å². The van der Waals surface area contributed by atoms with Crippen LogP contribution in [0.15, 0.2) is 64.5 Å². The van der Waals surface area contributed by atoms with E-state index in [0.717, 1.165) is 11.1 Å². The van der Waals surface area contributed by atoms with Crippen molar-refractivity contribution in [2.45, 2.75) is 19.1 Å². The van der Waals surface area contributed by atoms with Gasteiger partial charge in [0.15, 0.2) is 6.10 Å². The topological polar surface area (TPSA) is 106 Å². The number of para-hydroxylation sites is 1. The molecule has 0 radical (unpaired) electrons. The molecule has 2 aromatic carbocycles. The lowest BCUT2D eigenvalue weighted by atomic mass is 10.1. The largest absolute Gasteiger partial charge is 0.469 e. The molecule has 1 unspecified atom stereocenters. The van der Waals surface area contributed by atoms with Crippen molar-refractivity contribution in [1.82, 2.24) is 14.3 Å². The maximum atomic E-state index is 12.5. The number of aryl methyl sites for hydroxylation is 1. The highest BCUT2D eigenvalue weighted by Crippen LogP contribution is 2.22. The molecule has 174 valence electrons. The molecule has 0 spiro atoms. The molecule has 3 aromatic rings. The van der Waals surface area contributed by atoms with E-state index in [4.69, 9.17) is 19.0 Å². The zero-order chi connectivity index (χ0) is 23.6. The second kappa shape index (κ2) is 11.6. The van der Waals surface area contributed by atoms with Crippen LogP contribution in [0.2, 0.25) is 0 Å². The van der Waals surface area contributed by atoms with Crippen LogP contribution in [0.1, 0.15) is 23.7 Å². The number of hydrogen-bond acceptors (Lipinski definition) is 8. The van der Waals surface area contributed by atoms with Gasteiger partial charge in [-0.25, -0.2) is 14.0 Å². The molecule has 0 fully saturated rings. The molecular weight excluding hydrogens is 428 g/mol. The van der Waals surface area contributed by atoms with Crippen molar-refractivity contribution in [2.24, 2.45) is 12.2 Å². The maximum Gasteiger partial charge on any atom is 0.353 e. The Balaban J connectivity index is 1.61. The number of benzene rings is 2. The number of carbonyl (C=O) groups is 1. The summed E-state index contributed by atoms with van der Waals surface area (Å²) < 4.78 is 18.2. The zero-order valence-corrected chi connectivity index (χ0v) is 18.7. The lowest BCUT2D eigenvalue weighted by molar-refractivity contribution is -0.144. The summed E-state index contributed by atoms with van der Waals surface area (Å²) in [7, 11) is 4.34. The third kappa shape index (κ3) is 6.07. The van der Waals surface area contributed by atoms with Crippen LogP contribution in [0.3, 0.4) is 0 Å². The van der Waals surface area contributed by atoms with Crippen LogP contribution in [-0.2, 0) is 32.8 Å². The van der Waals surface area contributed by atoms with E-state index in [1.807, 2.05) is 48.5 Å². The zero-order valence-electron chi connectivity index (χ0n) is 18.7. The number of nitrogens with zero attached hydrogens (tertiary/aromatic N) is 4. The van der Waals surface area contributed by atoms with Crippen LogP contribution >= 0.6 is 0 Å². The van der Waals surface area contributed by atoms with Crippen LogP contribution in [0.4, 0.5) is 0 Å². The second-order valence-corrected chi connectivity index (χ2v) is 6.95. The van der Waals surface area contributed by atoms with E-state index in [1.165, 1.54) is 29.7 Å². The summed E-state index contributed by atoms with van der Waals surface area (Å²) in [6.07, 6.45) is 0.931. The van der Waals surface area contributed by atoms with Gasteiger partial charge in [0.05, 0.1) is 45.8 Å². The molecule has 33 heavy (non-hydrogen) atoms. The van der Waals surface area contributed by atoms with Gasteiger partial charge >= 0.3 is 17.7 Å². The van der Waals surface area contributed by atoms with Crippen molar-refractivity contribution >= 4 is 12.2 Å². The summed E-state index contributed by atoms with van der Waals surface area (Å²) >= 11 is 0. The van der Waals surface area contributed by atoms with Gasteiger partial charge in [0.1, 0.15) is 0 Å². The molecule has 0 amide bonds. The Kier molecular flexibility index (Phi) is 8.36. The number of hydrogen-bond donors (Lipinski definition) is 0. The molecule has 0 bridgehead atoms. The molecule has 0 saturated heterocycles. The van der Waals surface area contributed by atoms with Crippen molar-refractivity contribution in [3.63, 3.8) is 0 Å². The standard InChI is InChI=1S/C23H26N4O6/c1-26-23(29)27(22(25-26)31-3)19-12-8-7-11-18(19)16-32-14-13-24-33-20(15-21(28)30-2)17-9-5-4-6-10-17/h4-13,20H,14-16H2,1-3H3/b24-13+. The van der Waals surface area contributed by atoms with Gasteiger partial charge in [0.2, 0.25) is 0 Å². The van der Waals surface area contributed by atoms with E-state index in [9.17, 15) is 9.59 Å². The molecule has 10 heteroatoms. The first-order valence-corrected chi connectivity index (χ1v) is 10.2. The van der Waals surface area contributed by atoms with Gasteiger partial charge in [-0.05, 0) is 11.6 Å². The van der Waals surface area contributed by atoms with Crippen LogP contribution in [-0.4, -0.2) is 47.4 Å². The first kappa shape index (κ1) is 23.7. The fraction of sp³-hybridized carbons (Fsp3) is 0.304. The maximum absolute atomic E-state index is 12.5. The second-order valence-electron chi connectivity index (χ2n) is 6.95. The van der Waals surface area contributed by atoms with Gasteiger partial charge in [0.25, 0.3) is 0 Å². The molecule has 0 N–H and O–H groups in total. The normalized spacial score (nSPS) is 12.0. The Bertz CT molecular complexity index is 1140. The molecular formula is C23H26N4O6. The van der Waals surface area contributed by atoms with Crippen LogP contribution < -0.4 is 10.4 Å². The van der Waals surface area contributed by atoms with Gasteiger partial charge < -0.3 is 19.0 Å². The predicted octanol–water partition coefficient (Wildman–Crippen LogP) is 2.40. The van der Waals surface area contributed by atoms with E-state index in [1.54, 1.807) is 13.1 Å². The summed E-state index contributed by atoms with van der Waals surface area (Å²) in [6, 6.07) is 16.8. The van der Waals surface area contributed by atoms with Crippen molar-refractivity contribution in [3.8, 4) is 11.7 Å². The quantitative estimate of drug-likeness (QED) is 0.190. The summed E-state index contributed by atoms with van der Waals surface area (Å²) in [4.78, 5) is 29.7. The molecule has 0 saturated carbocycles. The van der Waals surface area contributed by atoms with Gasteiger partial charge in [-0.2, -0.15) is 0 Å².